The van der Waals surface area contributed by atoms with Crippen LogP contribution in [0.1, 0.15) is 41.4 Å². The molecule has 6 nitrogen and oxygen atoms in total. The molecule has 0 radical (unpaired) electrons. The molecule has 0 aliphatic rings. The molecule has 0 saturated heterocycles. The van der Waals surface area contributed by atoms with Crippen molar-refractivity contribution >= 4 is 11.8 Å². The van der Waals surface area contributed by atoms with E-state index in [1.807, 2.05) is 0 Å². The Bertz CT molecular complexity index is 932. The number of nitrogens with zero attached hydrogens (tertiary/aromatic N) is 2. The fourth-order valence-electron chi connectivity index (χ4n) is 2.36. The van der Waals surface area contributed by atoms with Crippen molar-refractivity contribution in [2.24, 2.45) is 0 Å². The van der Waals surface area contributed by atoms with Crippen LogP contribution in [0.3, 0.4) is 0 Å². The van der Waals surface area contributed by atoms with E-state index in [2.05, 4.69) is 4.98 Å². The molecule has 146 valence electrons. The normalized spacial score (nSPS) is 11.0. The minimum Gasteiger partial charge on any atom is -0.504 e. The second-order valence-electron chi connectivity index (χ2n) is 5.67. The number of ketones is 1. The standard InChI is InChI=1S/C19H15F3N2O4/c1-2-28-16(26)8-7-15(25)17-18(27)12(10-23)9-14(24-17)11-3-5-13(6-4-11)19(20,21)22/h3-6,9,27H,2,7-8H2,1H3. The van der Waals surface area contributed by atoms with E-state index in [0.29, 0.717) is 0 Å². The lowest BCUT2D eigenvalue weighted by molar-refractivity contribution is -0.143. The highest BCUT2D eigenvalue weighted by Gasteiger charge is 2.30. The Morgan fingerprint density at radius 1 is 1.21 bits per heavy atom. The largest absolute Gasteiger partial charge is 0.504 e. The highest BCUT2D eigenvalue weighted by Crippen LogP contribution is 2.32. The zero-order valence-electron chi connectivity index (χ0n) is 14.7. The van der Waals surface area contributed by atoms with Gasteiger partial charge in [0, 0.05) is 12.0 Å². The van der Waals surface area contributed by atoms with Crippen molar-refractivity contribution in [1.29, 1.82) is 5.26 Å². The second kappa shape index (κ2) is 8.52. The van der Waals surface area contributed by atoms with Crippen molar-refractivity contribution in [1.82, 2.24) is 4.98 Å². The lowest BCUT2D eigenvalue weighted by Crippen LogP contribution is -2.10. The molecule has 0 spiro atoms. The average Bonchev–Trinajstić information content (AvgIpc) is 2.66. The van der Waals surface area contributed by atoms with Gasteiger partial charge in [0.2, 0.25) is 0 Å². The number of carbonyl (C=O) groups is 2. The Morgan fingerprint density at radius 2 is 1.86 bits per heavy atom. The minimum absolute atomic E-state index is 0.0440. The summed E-state index contributed by atoms with van der Waals surface area (Å²) in [6.07, 6.45) is -5.05. The number of hydrogen-bond donors (Lipinski definition) is 1. The van der Waals surface area contributed by atoms with E-state index >= 15 is 0 Å². The Balaban J connectivity index is 2.37. The quantitative estimate of drug-likeness (QED) is 0.592. The summed E-state index contributed by atoms with van der Waals surface area (Å²) in [5.41, 5.74) is -1.28. The van der Waals surface area contributed by atoms with Crippen LogP contribution < -0.4 is 0 Å². The van der Waals surface area contributed by atoms with Crippen LogP contribution in [0, 0.1) is 11.3 Å². The summed E-state index contributed by atoms with van der Waals surface area (Å²) in [5, 5.41) is 19.2. The van der Waals surface area contributed by atoms with Crippen LogP contribution in [-0.4, -0.2) is 28.4 Å². The highest BCUT2D eigenvalue weighted by molar-refractivity contribution is 5.99. The first-order valence-corrected chi connectivity index (χ1v) is 8.18. The third kappa shape index (κ3) is 4.85. The monoisotopic (exact) mass is 392 g/mol. The number of carbonyl (C=O) groups excluding carboxylic acids is 2. The minimum atomic E-state index is -4.51. The fourth-order valence-corrected chi connectivity index (χ4v) is 2.36. The number of esters is 1. The number of rotatable bonds is 6. The van der Waals surface area contributed by atoms with E-state index in [4.69, 9.17) is 10.00 Å². The number of aromatic nitrogens is 1. The van der Waals surface area contributed by atoms with Crippen molar-refractivity contribution in [2.75, 3.05) is 6.61 Å². The van der Waals surface area contributed by atoms with Gasteiger partial charge in [0.25, 0.3) is 0 Å². The first-order chi connectivity index (χ1) is 13.2. The van der Waals surface area contributed by atoms with Crippen LogP contribution in [0.25, 0.3) is 11.3 Å². The van der Waals surface area contributed by atoms with Crippen LogP contribution in [0.15, 0.2) is 30.3 Å². The highest BCUT2D eigenvalue weighted by atomic mass is 19.4. The zero-order valence-corrected chi connectivity index (χ0v) is 14.7. The maximum Gasteiger partial charge on any atom is 0.416 e. The van der Waals surface area contributed by atoms with Gasteiger partial charge >= 0.3 is 12.1 Å². The molecule has 0 saturated carbocycles. The molecule has 0 aliphatic heterocycles. The van der Waals surface area contributed by atoms with E-state index < -0.39 is 34.9 Å². The lowest BCUT2D eigenvalue weighted by Gasteiger charge is -2.10. The van der Waals surface area contributed by atoms with Gasteiger partial charge in [0.15, 0.2) is 11.5 Å². The first kappa shape index (κ1) is 20.9. The van der Waals surface area contributed by atoms with Crippen LogP contribution in [0.2, 0.25) is 0 Å². The molecule has 2 rings (SSSR count). The molecule has 0 amide bonds. The first-order valence-electron chi connectivity index (χ1n) is 8.18. The van der Waals surface area contributed by atoms with Crippen molar-refractivity contribution in [2.45, 2.75) is 25.9 Å². The van der Waals surface area contributed by atoms with Crippen LogP contribution >= 0.6 is 0 Å². The predicted molar refractivity (Wildman–Crippen MR) is 91.3 cm³/mol. The summed E-state index contributed by atoms with van der Waals surface area (Å²) < 4.78 is 42.8. The molecule has 0 bridgehead atoms. The Morgan fingerprint density at radius 3 is 2.39 bits per heavy atom. The summed E-state index contributed by atoms with van der Waals surface area (Å²) >= 11 is 0. The van der Waals surface area contributed by atoms with E-state index in [9.17, 15) is 27.9 Å². The summed E-state index contributed by atoms with van der Waals surface area (Å²) in [6.45, 7) is 1.76. The molecule has 9 heteroatoms. The van der Waals surface area contributed by atoms with Gasteiger partial charge < -0.3 is 9.84 Å². The van der Waals surface area contributed by atoms with E-state index in [1.165, 1.54) is 6.07 Å². The molecule has 0 atom stereocenters. The number of Topliss-reactive ketones (excluding diaryl/α,β-unsaturated/α-hetero) is 1. The summed E-state index contributed by atoms with van der Waals surface area (Å²) in [6, 6.07) is 6.86. The van der Waals surface area contributed by atoms with Crippen LogP contribution in [0.5, 0.6) is 5.75 Å². The van der Waals surface area contributed by atoms with E-state index in [1.54, 1.807) is 13.0 Å². The molecule has 0 fully saturated rings. The summed E-state index contributed by atoms with van der Waals surface area (Å²) in [5.74, 6) is -1.95. The van der Waals surface area contributed by atoms with Crippen molar-refractivity contribution in [3.05, 3.63) is 47.2 Å². The summed E-state index contributed by atoms with van der Waals surface area (Å²) in [4.78, 5) is 27.7. The molecule has 0 aliphatic carbocycles. The Labute approximate surface area is 158 Å². The zero-order chi connectivity index (χ0) is 20.9. The summed E-state index contributed by atoms with van der Waals surface area (Å²) in [7, 11) is 0. The number of aromatic hydroxyl groups is 1. The molecule has 2 aromatic rings. The molecule has 28 heavy (non-hydrogen) atoms. The molecule has 1 N–H and O–H groups in total. The Kier molecular flexibility index (Phi) is 6.36. The molecule has 0 unspecified atom stereocenters. The predicted octanol–water partition coefficient (Wildman–Crippen LogP) is 3.87. The molecule has 1 aromatic heterocycles. The molecule has 1 aromatic carbocycles. The maximum atomic E-state index is 12.7. The topological polar surface area (TPSA) is 100 Å². The molecule has 1 heterocycles. The smallest absolute Gasteiger partial charge is 0.416 e. The third-order valence-electron chi connectivity index (χ3n) is 3.75. The van der Waals surface area contributed by atoms with Crippen LogP contribution in [0.4, 0.5) is 13.2 Å². The SMILES string of the molecule is CCOC(=O)CCC(=O)c1nc(-c2ccc(C(F)(F)F)cc2)cc(C#N)c1O. The van der Waals surface area contributed by atoms with Gasteiger partial charge in [0.05, 0.1) is 29.8 Å². The van der Waals surface area contributed by atoms with E-state index in [0.717, 1.165) is 24.3 Å². The number of hydrogen-bond acceptors (Lipinski definition) is 6. The van der Waals surface area contributed by atoms with Gasteiger partial charge in [-0.05, 0) is 25.1 Å². The van der Waals surface area contributed by atoms with Gasteiger partial charge in [-0.1, -0.05) is 12.1 Å². The third-order valence-corrected chi connectivity index (χ3v) is 3.75. The van der Waals surface area contributed by atoms with Crippen molar-refractivity contribution in [3.63, 3.8) is 0 Å². The second-order valence-corrected chi connectivity index (χ2v) is 5.67. The van der Waals surface area contributed by atoms with Gasteiger partial charge in [0.1, 0.15) is 11.8 Å². The van der Waals surface area contributed by atoms with E-state index in [-0.39, 0.29) is 36.3 Å². The fraction of sp³-hybridized carbons (Fsp3) is 0.263. The number of pyridine rings is 1. The molecular formula is C19H15F3N2O4. The Hall–Kier alpha value is -3.41. The van der Waals surface area contributed by atoms with Gasteiger partial charge in [-0.15, -0.1) is 0 Å². The van der Waals surface area contributed by atoms with Gasteiger partial charge in [-0.3, -0.25) is 9.59 Å². The number of halogens is 3. The number of nitriles is 1. The van der Waals surface area contributed by atoms with Crippen LogP contribution in [-0.2, 0) is 15.7 Å². The number of alkyl halides is 3. The van der Waals surface area contributed by atoms with Gasteiger partial charge in [-0.25, -0.2) is 4.98 Å². The number of ether oxygens (including phenoxy) is 1. The van der Waals surface area contributed by atoms with Crippen molar-refractivity contribution < 1.29 is 32.6 Å². The lowest BCUT2D eigenvalue weighted by atomic mass is 10.0. The maximum absolute atomic E-state index is 12.7. The number of benzene rings is 1. The molecular weight excluding hydrogens is 377 g/mol. The average molecular weight is 392 g/mol. The van der Waals surface area contributed by atoms with Gasteiger partial charge in [-0.2, -0.15) is 18.4 Å². The van der Waals surface area contributed by atoms with Crippen molar-refractivity contribution in [3.8, 4) is 23.1 Å².